The van der Waals surface area contributed by atoms with Crippen molar-refractivity contribution in [3.63, 3.8) is 0 Å². The van der Waals surface area contributed by atoms with Crippen molar-refractivity contribution in [2.45, 2.75) is 6.42 Å². The minimum Gasteiger partial charge on any atom is -0.481 e. The van der Waals surface area contributed by atoms with Crippen LogP contribution < -0.4 is 10.1 Å². The van der Waals surface area contributed by atoms with Crippen LogP contribution in [0.4, 0.5) is 11.5 Å². The lowest BCUT2D eigenvalue weighted by Crippen LogP contribution is -2.11. The highest BCUT2D eigenvalue weighted by Gasteiger charge is 2.16. The average Bonchev–Trinajstić information content (AvgIpc) is 2.84. The van der Waals surface area contributed by atoms with E-state index in [-0.39, 0.29) is 11.5 Å². The Hall–Kier alpha value is -2.71. The van der Waals surface area contributed by atoms with Crippen LogP contribution in [0.5, 0.6) is 5.88 Å². The van der Waals surface area contributed by atoms with Gasteiger partial charge in [-0.2, -0.15) is 4.98 Å². The van der Waals surface area contributed by atoms with Gasteiger partial charge in [-0.05, 0) is 0 Å². The molecule has 0 fully saturated rings. The monoisotopic (exact) mass is 278 g/mol. The van der Waals surface area contributed by atoms with Gasteiger partial charge in [-0.15, -0.1) is 10.2 Å². The van der Waals surface area contributed by atoms with E-state index in [0.29, 0.717) is 18.8 Å². The van der Waals surface area contributed by atoms with Crippen LogP contribution in [0, 0.1) is 10.1 Å². The molecule has 0 aliphatic heterocycles. The highest BCUT2D eigenvalue weighted by molar-refractivity contribution is 5.57. The second kappa shape index (κ2) is 5.95. The largest absolute Gasteiger partial charge is 0.481 e. The fourth-order valence-corrected chi connectivity index (χ4v) is 1.65. The molecule has 0 saturated carbocycles. The first kappa shape index (κ1) is 13.7. The number of methoxy groups -OCH3 is 1. The Morgan fingerprint density at radius 3 is 2.90 bits per heavy atom. The summed E-state index contributed by atoms with van der Waals surface area (Å²) in [4.78, 5) is 14.5. The minimum absolute atomic E-state index is 0.0937. The number of hydrogen-bond acceptors (Lipinski definition) is 7. The molecule has 2 aromatic heterocycles. The van der Waals surface area contributed by atoms with E-state index in [4.69, 9.17) is 4.74 Å². The van der Waals surface area contributed by atoms with Crippen molar-refractivity contribution in [1.82, 2.24) is 19.7 Å². The number of ether oxygens (including phenoxy) is 1. The topological polar surface area (TPSA) is 108 Å². The second-order valence-electron chi connectivity index (χ2n) is 4.01. The van der Waals surface area contributed by atoms with E-state index < -0.39 is 4.92 Å². The van der Waals surface area contributed by atoms with Crippen LogP contribution in [0.3, 0.4) is 0 Å². The molecule has 0 unspecified atom stereocenters. The Bertz CT molecular complexity index is 612. The van der Waals surface area contributed by atoms with Crippen LogP contribution in [0.2, 0.25) is 0 Å². The first-order valence-electron chi connectivity index (χ1n) is 5.88. The molecule has 0 aromatic carbocycles. The van der Waals surface area contributed by atoms with E-state index in [1.54, 1.807) is 10.9 Å². The number of hydrogen-bond donors (Lipinski definition) is 1. The van der Waals surface area contributed by atoms with Gasteiger partial charge in [0.25, 0.3) is 0 Å². The maximum absolute atomic E-state index is 10.9. The predicted molar refractivity (Wildman–Crippen MR) is 70.6 cm³/mol. The Morgan fingerprint density at radius 1 is 1.50 bits per heavy atom. The summed E-state index contributed by atoms with van der Waals surface area (Å²) in [6, 6.07) is 2.81. The molecule has 0 aliphatic carbocycles. The van der Waals surface area contributed by atoms with Crippen molar-refractivity contribution in [3.8, 4) is 5.88 Å². The van der Waals surface area contributed by atoms with Crippen LogP contribution >= 0.6 is 0 Å². The summed E-state index contributed by atoms with van der Waals surface area (Å²) in [5.74, 6) is 1.27. The Morgan fingerprint density at radius 2 is 2.30 bits per heavy atom. The van der Waals surface area contributed by atoms with Crippen LogP contribution in [0.25, 0.3) is 0 Å². The minimum atomic E-state index is -0.489. The van der Waals surface area contributed by atoms with Crippen molar-refractivity contribution < 1.29 is 9.66 Å². The van der Waals surface area contributed by atoms with Gasteiger partial charge in [0, 0.05) is 32.1 Å². The zero-order valence-electron chi connectivity index (χ0n) is 11.1. The van der Waals surface area contributed by atoms with E-state index in [1.807, 2.05) is 7.05 Å². The number of rotatable bonds is 6. The molecule has 1 N–H and O–H groups in total. The maximum Gasteiger partial charge on any atom is 0.311 e. The van der Waals surface area contributed by atoms with Gasteiger partial charge in [0.05, 0.1) is 12.0 Å². The molecule has 9 heteroatoms. The van der Waals surface area contributed by atoms with Gasteiger partial charge in [0.2, 0.25) is 11.7 Å². The molecule has 2 heterocycles. The molecule has 0 saturated heterocycles. The highest BCUT2D eigenvalue weighted by atomic mass is 16.6. The average molecular weight is 278 g/mol. The second-order valence-corrected chi connectivity index (χ2v) is 4.01. The van der Waals surface area contributed by atoms with E-state index in [1.165, 1.54) is 19.2 Å². The molecule has 0 spiro atoms. The lowest BCUT2D eigenvalue weighted by Gasteiger charge is -2.07. The molecule has 2 aromatic rings. The Balaban J connectivity index is 2.07. The van der Waals surface area contributed by atoms with Crippen LogP contribution in [0.15, 0.2) is 18.5 Å². The molecule has 2 rings (SSSR count). The van der Waals surface area contributed by atoms with Gasteiger partial charge in [0.15, 0.2) is 0 Å². The third-order valence-corrected chi connectivity index (χ3v) is 2.70. The zero-order valence-corrected chi connectivity index (χ0v) is 11.1. The summed E-state index contributed by atoms with van der Waals surface area (Å²) in [6.45, 7) is 0.452. The summed E-state index contributed by atoms with van der Waals surface area (Å²) in [6.07, 6.45) is 2.17. The fraction of sp³-hybridized carbons (Fsp3) is 0.364. The normalized spacial score (nSPS) is 10.3. The van der Waals surface area contributed by atoms with Crippen LogP contribution in [-0.4, -0.2) is 38.3 Å². The first-order chi connectivity index (χ1) is 9.61. The third kappa shape index (κ3) is 2.99. The van der Waals surface area contributed by atoms with Crippen molar-refractivity contribution in [2.24, 2.45) is 7.05 Å². The molecule has 0 aliphatic rings. The molecule has 0 amide bonds. The maximum atomic E-state index is 10.9. The van der Waals surface area contributed by atoms with Gasteiger partial charge in [-0.25, -0.2) is 0 Å². The number of pyridine rings is 1. The van der Waals surface area contributed by atoms with E-state index >= 15 is 0 Å². The summed E-state index contributed by atoms with van der Waals surface area (Å²) < 4.78 is 6.75. The summed E-state index contributed by atoms with van der Waals surface area (Å²) in [5.41, 5.74) is -0.0937. The van der Waals surface area contributed by atoms with Gasteiger partial charge in [-0.3, -0.25) is 10.1 Å². The molecule has 0 bridgehead atoms. The first-order valence-corrected chi connectivity index (χ1v) is 5.88. The Kier molecular flexibility index (Phi) is 4.08. The number of anilines is 1. The lowest BCUT2D eigenvalue weighted by atomic mass is 10.3. The zero-order chi connectivity index (χ0) is 14.5. The fourth-order valence-electron chi connectivity index (χ4n) is 1.65. The Labute approximate surface area is 114 Å². The molecule has 106 valence electrons. The van der Waals surface area contributed by atoms with Gasteiger partial charge in [0.1, 0.15) is 12.2 Å². The highest BCUT2D eigenvalue weighted by Crippen LogP contribution is 2.24. The summed E-state index contributed by atoms with van der Waals surface area (Å²) >= 11 is 0. The number of nitrogens with one attached hydrogen (secondary N) is 1. The van der Waals surface area contributed by atoms with Gasteiger partial charge in [-0.1, -0.05) is 0 Å². The van der Waals surface area contributed by atoms with Crippen LogP contribution in [0.1, 0.15) is 5.82 Å². The summed E-state index contributed by atoms with van der Waals surface area (Å²) in [5, 5.41) is 21.5. The lowest BCUT2D eigenvalue weighted by molar-refractivity contribution is -0.384. The van der Waals surface area contributed by atoms with Crippen molar-refractivity contribution in [1.29, 1.82) is 0 Å². The number of aromatic nitrogens is 4. The predicted octanol–water partition coefficient (Wildman–Crippen LogP) is 0.781. The molecule has 9 nitrogen and oxygen atoms in total. The van der Waals surface area contributed by atoms with E-state index in [9.17, 15) is 10.1 Å². The van der Waals surface area contributed by atoms with Crippen LogP contribution in [-0.2, 0) is 13.5 Å². The number of nitro groups is 1. The molecule has 0 radical (unpaired) electrons. The van der Waals surface area contributed by atoms with E-state index in [0.717, 1.165) is 5.82 Å². The van der Waals surface area contributed by atoms with Crippen molar-refractivity contribution >= 4 is 11.5 Å². The van der Waals surface area contributed by atoms with Gasteiger partial charge < -0.3 is 14.6 Å². The SMILES string of the molecule is COc1ccc([N+](=O)[O-])c(NCCc2nncn2C)n1. The number of nitrogens with zero attached hydrogens (tertiary/aromatic N) is 5. The van der Waals surface area contributed by atoms with Gasteiger partial charge >= 0.3 is 5.69 Å². The quantitative estimate of drug-likeness (QED) is 0.614. The molecule has 0 atom stereocenters. The van der Waals surface area contributed by atoms with Crippen molar-refractivity contribution in [3.05, 3.63) is 34.4 Å². The number of aryl methyl sites for hydroxylation is 1. The molecule has 20 heavy (non-hydrogen) atoms. The van der Waals surface area contributed by atoms with E-state index in [2.05, 4.69) is 20.5 Å². The smallest absolute Gasteiger partial charge is 0.311 e. The van der Waals surface area contributed by atoms with Crippen molar-refractivity contribution in [2.75, 3.05) is 19.0 Å². The summed E-state index contributed by atoms with van der Waals surface area (Å²) in [7, 11) is 3.29. The standard InChI is InChI=1S/C11H14N6O3/c1-16-7-13-15-9(16)5-6-12-11-8(17(18)19)3-4-10(14-11)20-2/h3-4,7H,5-6H2,1-2H3,(H,12,14). The molecular formula is C11H14N6O3. The third-order valence-electron chi connectivity index (χ3n) is 2.70. The molecular weight excluding hydrogens is 264 g/mol.